The van der Waals surface area contributed by atoms with Crippen LogP contribution in [0.4, 0.5) is 0 Å². The van der Waals surface area contributed by atoms with Gasteiger partial charge in [0.1, 0.15) is 11.5 Å². The number of carbonyl (C=O) groups excluding carboxylic acids is 3. The molecule has 0 N–H and O–H groups in total. The number of Topliss-reactive ketones (excluding diaryl/α,β-unsaturated/α-hetero) is 1. The first-order valence-corrected chi connectivity index (χ1v) is 8.17. The zero-order valence-corrected chi connectivity index (χ0v) is 14.1. The minimum absolute atomic E-state index is 0.0376. The molecule has 1 aromatic rings. The minimum atomic E-state index is -0.532. The molecular weight excluding hydrogens is 308 g/mol. The maximum atomic E-state index is 12.6. The highest BCUT2D eigenvalue weighted by atomic mass is 16.5. The summed E-state index contributed by atoms with van der Waals surface area (Å²) in [5.41, 5.74) is 0.0569. The maximum Gasteiger partial charge on any atom is 0.254 e. The quantitative estimate of drug-likeness (QED) is 0.839. The fourth-order valence-corrected chi connectivity index (χ4v) is 3.40. The molecule has 0 bridgehead atoms. The average molecular weight is 330 g/mol. The summed E-state index contributed by atoms with van der Waals surface area (Å²) in [4.78, 5) is 39.9. The number of hydrogen-bond acceptors (Lipinski definition) is 4. The van der Waals surface area contributed by atoms with Gasteiger partial charge in [0.2, 0.25) is 5.91 Å². The van der Waals surface area contributed by atoms with Crippen molar-refractivity contribution < 1.29 is 19.1 Å². The van der Waals surface area contributed by atoms with Crippen LogP contribution >= 0.6 is 0 Å². The molecule has 128 valence electrons. The van der Waals surface area contributed by atoms with E-state index in [1.807, 2.05) is 6.92 Å². The lowest BCUT2D eigenvalue weighted by Crippen LogP contribution is -2.56. The van der Waals surface area contributed by atoms with Gasteiger partial charge in [0.25, 0.3) is 5.91 Å². The van der Waals surface area contributed by atoms with E-state index in [2.05, 4.69) is 0 Å². The SMILES string of the molecule is COc1cccc(C(=O)N2CCN(C(=O)C3(C)CC(=O)C3)CC2)c1. The van der Waals surface area contributed by atoms with Gasteiger partial charge >= 0.3 is 0 Å². The van der Waals surface area contributed by atoms with E-state index in [0.717, 1.165) is 0 Å². The normalized spacial score (nSPS) is 19.7. The number of hydrogen-bond donors (Lipinski definition) is 0. The van der Waals surface area contributed by atoms with Crippen LogP contribution in [0, 0.1) is 5.41 Å². The molecule has 1 aromatic carbocycles. The Hall–Kier alpha value is -2.37. The fraction of sp³-hybridized carbons (Fsp3) is 0.500. The van der Waals surface area contributed by atoms with Crippen LogP contribution in [0.5, 0.6) is 5.75 Å². The Morgan fingerprint density at radius 2 is 1.71 bits per heavy atom. The highest BCUT2D eigenvalue weighted by Crippen LogP contribution is 2.39. The number of benzene rings is 1. The van der Waals surface area contributed by atoms with Crippen molar-refractivity contribution in [1.82, 2.24) is 9.80 Å². The lowest BCUT2D eigenvalue weighted by Gasteiger charge is -2.42. The van der Waals surface area contributed by atoms with Gasteiger partial charge in [-0.1, -0.05) is 6.07 Å². The smallest absolute Gasteiger partial charge is 0.254 e. The van der Waals surface area contributed by atoms with Crippen LogP contribution in [-0.2, 0) is 9.59 Å². The van der Waals surface area contributed by atoms with E-state index in [4.69, 9.17) is 4.74 Å². The van der Waals surface area contributed by atoms with E-state index < -0.39 is 5.41 Å². The molecule has 1 saturated heterocycles. The van der Waals surface area contributed by atoms with Crippen LogP contribution in [0.2, 0.25) is 0 Å². The molecule has 1 saturated carbocycles. The van der Waals surface area contributed by atoms with Crippen molar-refractivity contribution in [3.63, 3.8) is 0 Å². The summed E-state index contributed by atoms with van der Waals surface area (Å²) in [6, 6.07) is 7.08. The van der Waals surface area contributed by atoms with E-state index in [1.165, 1.54) is 0 Å². The summed E-state index contributed by atoms with van der Waals surface area (Å²) in [6.07, 6.45) is 0.684. The average Bonchev–Trinajstić information content (AvgIpc) is 2.59. The lowest BCUT2D eigenvalue weighted by molar-refractivity contribution is -0.154. The molecule has 0 spiro atoms. The summed E-state index contributed by atoms with van der Waals surface area (Å²) < 4.78 is 5.15. The van der Waals surface area contributed by atoms with Gasteiger partial charge in [-0.25, -0.2) is 0 Å². The first-order chi connectivity index (χ1) is 11.4. The number of ether oxygens (including phenoxy) is 1. The molecule has 6 nitrogen and oxygen atoms in total. The zero-order chi connectivity index (χ0) is 17.3. The van der Waals surface area contributed by atoms with Crippen molar-refractivity contribution in [1.29, 1.82) is 0 Å². The molecule has 1 heterocycles. The van der Waals surface area contributed by atoms with Crippen molar-refractivity contribution in [2.24, 2.45) is 5.41 Å². The van der Waals surface area contributed by atoms with Crippen LogP contribution in [0.15, 0.2) is 24.3 Å². The van der Waals surface area contributed by atoms with Crippen molar-refractivity contribution in [2.45, 2.75) is 19.8 Å². The molecule has 0 atom stereocenters. The van der Waals surface area contributed by atoms with Crippen LogP contribution in [0.25, 0.3) is 0 Å². The van der Waals surface area contributed by atoms with Crippen molar-refractivity contribution in [2.75, 3.05) is 33.3 Å². The second-order valence-corrected chi connectivity index (χ2v) is 6.77. The number of ketones is 1. The molecule has 6 heteroatoms. The van der Waals surface area contributed by atoms with Gasteiger partial charge in [-0.05, 0) is 25.1 Å². The largest absolute Gasteiger partial charge is 0.497 e. The zero-order valence-electron chi connectivity index (χ0n) is 14.1. The molecule has 1 aliphatic heterocycles. The van der Waals surface area contributed by atoms with E-state index in [-0.39, 0.29) is 17.6 Å². The van der Waals surface area contributed by atoms with Crippen LogP contribution < -0.4 is 4.74 Å². The van der Waals surface area contributed by atoms with Gasteiger partial charge in [0.05, 0.1) is 12.5 Å². The lowest BCUT2D eigenvalue weighted by atomic mass is 9.68. The third kappa shape index (κ3) is 3.00. The number of rotatable bonds is 3. The highest BCUT2D eigenvalue weighted by Gasteiger charge is 2.47. The Morgan fingerprint density at radius 1 is 1.08 bits per heavy atom. The summed E-state index contributed by atoms with van der Waals surface area (Å²) in [7, 11) is 1.57. The van der Waals surface area contributed by atoms with E-state index in [9.17, 15) is 14.4 Å². The van der Waals surface area contributed by atoms with Crippen molar-refractivity contribution >= 4 is 17.6 Å². The molecule has 2 fully saturated rings. The van der Waals surface area contributed by atoms with Gasteiger partial charge in [-0.15, -0.1) is 0 Å². The highest BCUT2D eigenvalue weighted by molar-refractivity contribution is 5.99. The molecule has 2 aliphatic rings. The Kier molecular flexibility index (Phi) is 4.30. The predicted molar refractivity (Wildman–Crippen MR) is 87.8 cm³/mol. The van der Waals surface area contributed by atoms with Crippen LogP contribution in [0.3, 0.4) is 0 Å². The predicted octanol–water partition coefficient (Wildman–Crippen LogP) is 1.35. The van der Waals surface area contributed by atoms with Gasteiger partial charge in [0.15, 0.2) is 0 Å². The molecule has 1 aliphatic carbocycles. The van der Waals surface area contributed by atoms with Crippen molar-refractivity contribution in [3.05, 3.63) is 29.8 Å². The third-order valence-electron chi connectivity index (χ3n) is 4.86. The second kappa shape index (κ2) is 6.26. The summed E-state index contributed by atoms with van der Waals surface area (Å²) in [5.74, 6) is 0.788. The summed E-state index contributed by atoms with van der Waals surface area (Å²) in [6.45, 7) is 3.89. The maximum absolute atomic E-state index is 12.6. The molecule has 0 unspecified atom stereocenters. The topological polar surface area (TPSA) is 66.9 Å². The monoisotopic (exact) mass is 330 g/mol. The number of nitrogens with zero attached hydrogens (tertiary/aromatic N) is 2. The Balaban J connectivity index is 1.59. The molecule has 24 heavy (non-hydrogen) atoms. The van der Waals surface area contributed by atoms with E-state index >= 15 is 0 Å². The van der Waals surface area contributed by atoms with Gasteiger partial charge in [-0.2, -0.15) is 0 Å². The first-order valence-electron chi connectivity index (χ1n) is 8.17. The van der Waals surface area contributed by atoms with Gasteiger partial charge in [-0.3, -0.25) is 14.4 Å². The standard InChI is InChI=1S/C18H22N2O4/c1-18(11-14(21)12-18)17(23)20-8-6-19(7-9-20)16(22)13-4-3-5-15(10-13)24-2/h3-5,10H,6-9,11-12H2,1-2H3. The number of methoxy groups -OCH3 is 1. The van der Waals surface area contributed by atoms with E-state index in [1.54, 1.807) is 41.2 Å². The first kappa shape index (κ1) is 16.5. The molecule has 0 radical (unpaired) electrons. The Bertz CT molecular complexity index is 669. The van der Waals surface area contributed by atoms with Crippen molar-refractivity contribution in [3.8, 4) is 5.75 Å². The molecule has 2 amide bonds. The summed E-state index contributed by atoms with van der Waals surface area (Å²) >= 11 is 0. The Morgan fingerprint density at radius 3 is 2.29 bits per heavy atom. The molecular formula is C18H22N2O4. The Labute approximate surface area is 141 Å². The molecule has 0 aromatic heterocycles. The minimum Gasteiger partial charge on any atom is -0.497 e. The number of piperazine rings is 1. The van der Waals surface area contributed by atoms with E-state index in [0.29, 0.717) is 50.3 Å². The number of carbonyl (C=O) groups is 3. The second-order valence-electron chi connectivity index (χ2n) is 6.77. The molecule has 3 rings (SSSR count). The summed E-state index contributed by atoms with van der Waals surface area (Å²) in [5, 5.41) is 0. The van der Waals surface area contributed by atoms with Gasteiger partial charge < -0.3 is 14.5 Å². The van der Waals surface area contributed by atoms with Crippen LogP contribution in [-0.4, -0.2) is 60.7 Å². The third-order valence-corrected chi connectivity index (χ3v) is 4.86. The number of amides is 2. The van der Waals surface area contributed by atoms with Gasteiger partial charge in [0, 0.05) is 44.6 Å². The fourth-order valence-electron chi connectivity index (χ4n) is 3.40. The van der Waals surface area contributed by atoms with Crippen LogP contribution in [0.1, 0.15) is 30.1 Å².